The van der Waals surface area contributed by atoms with Crippen molar-refractivity contribution in [1.29, 1.82) is 0 Å². The van der Waals surface area contributed by atoms with E-state index in [0.717, 1.165) is 23.2 Å². The molecule has 18 heavy (non-hydrogen) atoms. The minimum atomic E-state index is 0.332. The second-order valence-corrected chi connectivity index (χ2v) is 4.89. The summed E-state index contributed by atoms with van der Waals surface area (Å²) >= 11 is 0. The van der Waals surface area contributed by atoms with Gasteiger partial charge >= 0.3 is 0 Å². The quantitative estimate of drug-likeness (QED) is 0.861. The van der Waals surface area contributed by atoms with Crippen molar-refractivity contribution in [3.63, 3.8) is 0 Å². The van der Waals surface area contributed by atoms with Crippen LogP contribution >= 0.6 is 0 Å². The Balaban J connectivity index is 1.87. The molecular formula is C15H17N3. The van der Waals surface area contributed by atoms with E-state index in [1.807, 2.05) is 18.3 Å². The van der Waals surface area contributed by atoms with Gasteiger partial charge in [-0.25, -0.2) is 0 Å². The van der Waals surface area contributed by atoms with Crippen molar-refractivity contribution < 1.29 is 0 Å². The standard InChI is InChI=1S/C15H17N3/c16-8-10-2-1-3-11(6-10)15-5-4-12(9-18-15)13-7-14(13)17/h1-6,9,13-14H,7-8,16-17H2/t13-,14+/m1/s1. The molecule has 1 fully saturated rings. The molecule has 0 spiro atoms. The third kappa shape index (κ3) is 2.15. The van der Waals surface area contributed by atoms with Crippen LogP contribution in [0.3, 0.4) is 0 Å². The molecular weight excluding hydrogens is 222 g/mol. The number of pyridine rings is 1. The molecule has 0 unspecified atom stereocenters. The number of hydrogen-bond donors (Lipinski definition) is 2. The summed E-state index contributed by atoms with van der Waals surface area (Å²) in [4.78, 5) is 4.52. The Morgan fingerprint density at radius 3 is 2.67 bits per heavy atom. The van der Waals surface area contributed by atoms with E-state index in [0.29, 0.717) is 18.5 Å². The summed E-state index contributed by atoms with van der Waals surface area (Å²) in [5.41, 5.74) is 16.0. The molecule has 1 aromatic heterocycles. The minimum Gasteiger partial charge on any atom is -0.327 e. The molecule has 3 rings (SSSR count). The number of hydrogen-bond acceptors (Lipinski definition) is 3. The zero-order valence-corrected chi connectivity index (χ0v) is 10.2. The van der Waals surface area contributed by atoms with Crippen molar-refractivity contribution in [3.05, 3.63) is 53.7 Å². The van der Waals surface area contributed by atoms with Gasteiger partial charge in [0.2, 0.25) is 0 Å². The Morgan fingerprint density at radius 2 is 2.06 bits per heavy atom. The fourth-order valence-electron chi connectivity index (χ4n) is 2.25. The largest absolute Gasteiger partial charge is 0.327 e. The zero-order chi connectivity index (χ0) is 12.5. The first-order chi connectivity index (χ1) is 8.78. The maximum Gasteiger partial charge on any atom is 0.0702 e. The van der Waals surface area contributed by atoms with Crippen LogP contribution in [-0.2, 0) is 6.54 Å². The van der Waals surface area contributed by atoms with Crippen LogP contribution in [0.2, 0.25) is 0 Å². The molecule has 0 amide bonds. The van der Waals surface area contributed by atoms with Gasteiger partial charge in [0, 0.05) is 30.3 Å². The number of benzene rings is 1. The summed E-state index contributed by atoms with van der Waals surface area (Å²) < 4.78 is 0. The lowest BCUT2D eigenvalue weighted by atomic mass is 10.1. The van der Waals surface area contributed by atoms with E-state index in [4.69, 9.17) is 11.5 Å². The van der Waals surface area contributed by atoms with Crippen molar-refractivity contribution in [2.24, 2.45) is 11.5 Å². The Kier molecular flexibility index (Phi) is 2.86. The van der Waals surface area contributed by atoms with Crippen LogP contribution in [0.1, 0.15) is 23.5 Å². The normalized spacial score (nSPS) is 21.9. The molecule has 0 bridgehead atoms. The zero-order valence-electron chi connectivity index (χ0n) is 10.2. The van der Waals surface area contributed by atoms with E-state index in [1.54, 1.807) is 0 Å². The van der Waals surface area contributed by atoms with Crippen LogP contribution in [0.5, 0.6) is 0 Å². The monoisotopic (exact) mass is 239 g/mol. The lowest BCUT2D eigenvalue weighted by Crippen LogP contribution is -2.01. The van der Waals surface area contributed by atoms with Crippen molar-refractivity contribution in [2.75, 3.05) is 0 Å². The van der Waals surface area contributed by atoms with E-state index in [9.17, 15) is 0 Å². The molecule has 4 N–H and O–H groups in total. The molecule has 0 aliphatic heterocycles. The first-order valence-electron chi connectivity index (χ1n) is 6.29. The highest BCUT2D eigenvalue weighted by Crippen LogP contribution is 2.38. The minimum absolute atomic E-state index is 0.332. The number of aromatic nitrogens is 1. The highest BCUT2D eigenvalue weighted by molar-refractivity contribution is 5.60. The van der Waals surface area contributed by atoms with E-state index < -0.39 is 0 Å². The average molecular weight is 239 g/mol. The Hall–Kier alpha value is -1.71. The summed E-state index contributed by atoms with van der Waals surface area (Å²) in [5, 5.41) is 0. The first-order valence-corrected chi connectivity index (χ1v) is 6.29. The fourth-order valence-corrected chi connectivity index (χ4v) is 2.25. The van der Waals surface area contributed by atoms with Crippen LogP contribution in [0.25, 0.3) is 11.3 Å². The summed E-state index contributed by atoms with van der Waals surface area (Å²) in [7, 11) is 0. The third-order valence-corrected chi connectivity index (χ3v) is 3.51. The van der Waals surface area contributed by atoms with Crippen LogP contribution < -0.4 is 11.5 Å². The van der Waals surface area contributed by atoms with Gasteiger partial charge in [-0.15, -0.1) is 0 Å². The maximum atomic E-state index is 5.84. The van der Waals surface area contributed by atoms with Crippen LogP contribution in [0.15, 0.2) is 42.6 Å². The highest BCUT2D eigenvalue weighted by atomic mass is 14.8. The van der Waals surface area contributed by atoms with Gasteiger partial charge in [-0.05, 0) is 29.7 Å². The third-order valence-electron chi connectivity index (χ3n) is 3.51. The topological polar surface area (TPSA) is 64.9 Å². The molecule has 3 nitrogen and oxygen atoms in total. The van der Waals surface area contributed by atoms with E-state index in [2.05, 4.69) is 29.2 Å². The smallest absolute Gasteiger partial charge is 0.0702 e. The molecule has 3 heteroatoms. The van der Waals surface area contributed by atoms with Gasteiger partial charge in [-0.1, -0.05) is 24.3 Å². The van der Waals surface area contributed by atoms with Gasteiger partial charge in [0.25, 0.3) is 0 Å². The predicted octanol–water partition coefficient (Wildman–Crippen LogP) is 2.02. The first kappa shape index (κ1) is 11.4. The maximum absolute atomic E-state index is 5.84. The van der Waals surface area contributed by atoms with Crippen molar-refractivity contribution >= 4 is 0 Å². The van der Waals surface area contributed by atoms with Crippen molar-refractivity contribution in [2.45, 2.75) is 24.9 Å². The van der Waals surface area contributed by atoms with Crippen molar-refractivity contribution in [3.8, 4) is 11.3 Å². The predicted molar refractivity (Wildman–Crippen MR) is 72.9 cm³/mol. The summed E-state index contributed by atoms with van der Waals surface area (Å²) in [5.74, 6) is 0.516. The van der Waals surface area contributed by atoms with E-state index in [-0.39, 0.29) is 0 Å². The van der Waals surface area contributed by atoms with Gasteiger partial charge in [0.15, 0.2) is 0 Å². The van der Waals surface area contributed by atoms with Crippen molar-refractivity contribution in [1.82, 2.24) is 4.98 Å². The second-order valence-electron chi connectivity index (χ2n) is 4.89. The molecule has 0 saturated heterocycles. The van der Waals surface area contributed by atoms with Gasteiger partial charge in [-0.2, -0.15) is 0 Å². The summed E-state index contributed by atoms with van der Waals surface area (Å²) in [6, 6.07) is 12.7. The van der Waals surface area contributed by atoms with E-state index >= 15 is 0 Å². The molecule has 1 saturated carbocycles. The summed E-state index contributed by atoms with van der Waals surface area (Å²) in [6.45, 7) is 0.558. The number of rotatable bonds is 3. The Bertz CT molecular complexity index is 548. The molecule has 1 aliphatic rings. The molecule has 1 heterocycles. The molecule has 1 aromatic carbocycles. The van der Waals surface area contributed by atoms with E-state index in [1.165, 1.54) is 5.56 Å². The lowest BCUT2D eigenvalue weighted by molar-refractivity contribution is 0.981. The molecule has 0 radical (unpaired) electrons. The molecule has 1 aliphatic carbocycles. The highest BCUT2D eigenvalue weighted by Gasteiger charge is 2.34. The van der Waals surface area contributed by atoms with Gasteiger partial charge < -0.3 is 11.5 Å². The van der Waals surface area contributed by atoms with Crippen LogP contribution in [0, 0.1) is 0 Å². The summed E-state index contributed by atoms with van der Waals surface area (Å²) in [6.07, 6.45) is 3.03. The molecule has 2 aromatic rings. The number of nitrogens with zero attached hydrogens (tertiary/aromatic N) is 1. The average Bonchev–Trinajstić information content (AvgIpc) is 3.16. The second kappa shape index (κ2) is 4.52. The fraction of sp³-hybridized carbons (Fsp3) is 0.267. The van der Waals surface area contributed by atoms with Crippen LogP contribution in [-0.4, -0.2) is 11.0 Å². The van der Waals surface area contributed by atoms with Gasteiger partial charge in [0.05, 0.1) is 5.69 Å². The number of nitrogens with two attached hydrogens (primary N) is 2. The molecule has 92 valence electrons. The lowest BCUT2D eigenvalue weighted by Gasteiger charge is -2.04. The Labute approximate surface area is 107 Å². The van der Waals surface area contributed by atoms with Crippen LogP contribution in [0.4, 0.5) is 0 Å². The molecule has 2 atom stereocenters. The Morgan fingerprint density at radius 1 is 1.22 bits per heavy atom. The SMILES string of the molecule is NCc1cccc(-c2ccc([C@H]3C[C@@H]3N)cn2)c1. The van der Waals surface area contributed by atoms with Gasteiger partial charge in [-0.3, -0.25) is 4.98 Å². The van der Waals surface area contributed by atoms with Gasteiger partial charge in [0.1, 0.15) is 0 Å².